The third-order valence-electron chi connectivity index (χ3n) is 5.70. The monoisotopic (exact) mass is 422 g/mol. The molecule has 0 bridgehead atoms. The lowest BCUT2D eigenvalue weighted by molar-refractivity contribution is -0.154. The van der Waals surface area contributed by atoms with Crippen molar-refractivity contribution in [3.05, 3.63) is 59.5 Å². The molecule has 4 rings (SSSR count). The van der Waals surface area contributed by atoms with Crippen molar-refractivity contribution in [2.75, 3.05) is 26.3 Å². The van der Waals surface area contributed by atoms with E-state index in [-0.39, 0.29) is 25.0 Å². The molecular weight excluding hydrogens is 396 g/mol. The quantitative estimate of drug-likeness (QED) is 0.563. The van der Waals surface area contributed by atoms with Crippen LogP contribution in [0, 0.1) is 13.8 Å². The summed E-state index contributed by atoms with van der Waals surface area (Å²) in [5.74, 6) is 0.754. The van der Waals surface area contributed by atoms with Gasteiger partial charge in [-0.25, -0.2) is 9.78 Å². The molecule has 0 N–H and O–H groups in total. The van der Waals surface area contributed by atoms with Crippen LogP contribution in [0.5, 0.6) is 5.75 Å². The fraction of sp³-hybridized carbons (Fsp3) is 0.375. The smallest absolute Gasteiger partial charge is 0.344 e. The summed E-state index contributed by atoms with van der Waals surface area (Å²) in [5, 5.41) is 0. The third kappa shape index (κ3) is 5.05. The van der Waals surface area contributed by atoms with Crippen LogP contribution in [0.3, 0.4) is 0 Å². The van der Waals surface area contributed by atoms with Crippen LogP contribution in [-0.4, -0.2) is 48.1 Å². The average Bonchev–Trinajstić information content (AvgIpc) is 3.22. The molecule has 1 fully saturated rings. The van der Waals surface area contributed by atoms with Crippen molar-refractivity contribution in [2.24, 2.45) is 0 Å². The van der Waals surface area contributed by atoms with E-state index in [1.807, 2.05) is 56.3 Å². The Balaban J connectivity index is 1.20. The molecule has 1 aliphatic heterocycles. The van der Waals surface area contributed by atoms with E-state index in [9.17, 15) is 9.59 Å². The predicted molar refractivity (Wildman–Crippen MR) is 115 cm³/mol. The third-order valence-corrected chi connectivity index (χ3v) is 5.70. The molecule has 0 unspecified atom stereocenters. The number of hydrogen-bond acceptors (Lipinski definition) is 6. The fourth-order valence-corrected chi connectivity index (χ4v) is 3.66. The summed E-state index contributed by atoms with van der Waals surface area (Å²) in [6.07, 6.45) is 1.53. The lowest BCUT2D eigenvalue weighted by Crippen LogP contribution is -2.40. The van der Waals surface area contributed by atoms with Gasteiger partial charge in [0.25, 0.3) is 5.91 Å². The van der Waals surface area contributed by atoms with Crippen molar-refractivity contribution < 1.29 is 23.5 Å². The molecule has 7 heteroatoms. The highest BCUT2D eigenvalue weighted by atomic mass is 16.6. The summed E-state index contributed by atoms with van der Waals surface area (Å²) in [6.45, 7) is 4.65. The minimum Gasteiger partial charge on any atom is -0.482 e. The summed E-state index contributed by atoms with van der Waals surface area (Å²) in [6, 6.07) is 13.3. The van der Waals surface area contributed by atoms with Crippen LogP contribution < -0.4 is 4.74 Å². The predicted octanol–water partition coefficient (Wildman–Crippen LogP) is 3.77. The topological polar surface area (TPSA) is 81.9 Å². The maximum Gasteiger partial charge on any atom is 0.344 e. The largest absolute Gasteiger partial charge is 0.482 e. The van der Waals surface area contributed by atoms with Gasteiger partial charge in [-0.15, -0.1) is 0 Å². The minimum atomic E-state index is -0.562. The van der Waals surface area contributed by atoms with Gasteiger partial charge in [-0.1, -0.05) is 18.2 Å². The second-order valence-corrected chi connectivity index (χ2v) is 7.87. The second kappa shape index (κ2) is 9.20. The number of aromatic nitrogens is 1. The van der Waals surface area contributed by atoms with Gasteiger partial charge in [0, 0.05) is 19.0 Å². The Hall–Kier alpha value is -3.35. The van der Waals surface area contributed by atoms with Crippen molar-refractivity contribution in [3.8, 4) is 5.75 Å². The molecule has 0 saturated carbocycles. The molecule has 2 aromatic carbocycles. The number of fused-ring (bicyclic) bond motifs is 1. The van der Waals surface area contributed by atoms with Crippen LogP contribution in [0.1, 0.15) is 35.8 Å². The van der Waals surface area contributed by atoms with Gasteiger partial charge in [0.15, 0.2) is 24.7 Å². The van der Waals surface area contributed by atoms with Gasteiger partial charge >= 0.3 is 5.97 Å². The molecule has 1 aromatic heterocycles. The molecule has 0 radical (unpaired) electrons. The van der Waals surface area contributed by atoms with Crippen LogP contribution in [0.4, 0.5) is 0 Å². The van der Waals surface area contributed by atoms with Crippen LogP contribution >= 0.6 is 0 Å². The Kier molecular flexibility index (Phi) is 6.21. The van der Waals surface area contributed by atoms with E-state index in [2.05, 4.69) is 4.98 Å². The molecule has 1 saturated heterocycles. The van der Waals surface area contributed by atoms with Gasteiger partial charge in [0.2, 0.25) is 0 Å². The van der Waals surface area contributed by atoms with Crippen molar-refractivity contribution in [3.63, 3.8) is 0 Å². The van der Waals surface area contributed by atoms with Gasteiger partial charge in [-0.3, -0.25) is 4.79 Å². The molecular formula is C24H26N2O5. The highest BCUT2D eigenvalue weighted by molar-refractivity contribution is 5.81. The van der Waals surface area contributed by atoms with Crippen LogP contribution in [-0.2, 0) is 14.3 Å². The van der Waals surface area contributed by atoms with Crippen molar-refractivity contribution in [2.45, 2.75) is 32.6 Å². The molecule has 0 atom stereocenters. The Morgan fingerprint density at radius 3 is 2.58 bits per heavy atom. The van der Waals surface area contributed by atoms with Gasteiger partial charge in [0.05, 0.1) is 0 Å². The van der Waals surface area contributed by atoms with E-state index in [1.54, 1.807) is 4.90 Å². The first-order chi connectivity index (χ1) is 15.0. The first-order valence-corrected chi connectivity index (χ1v) is 10.5. The number of benzene rings is 2. The van der Waals surface area contributed by atoms with E-state index >= 15 is 0 Å². The molecule has 162 valence electrons. The average molecular weight is 422 g/mol. The number of hydrogen-bond donors (Lipinski definition) is 0. The fourth-order valence-electron chi connectivity index (χ4n) is 3.66. The van der Waals surface area contributed by atoms with E-state index in [0.29, 0.717) is 18.8 Å². The summed E-state index contributed by atoms with van der Waals surface area (Å²) in [4.78, 5) is 30.6. The highest BCUT2D eigenvalue weighted by Crippen LogP contribution is 2.29. The van der Waals surface area contributed by atoms with Gasteiger partial charge in [0.1, 0.15) is 11.3 Å². The number of rotatable bonds is 6. The van der Waals surface area contributed by atoms with Gasteiger partial charge in [-0.05, 0) is 62.1 Å². The number of para-hydroxylation sites is 2. The zero-order valence-corrected chi connectivity index (χ0v) is 17.8. The lowest BCUT2D eigenvalue weighted by Gasteiger charge is -2.30. The maximum atomic E-state index is 12.4. The van der Waals surface area contributed by atoms with Crippen molar-refractivity contribution in [1.82, 2.24) is 9.88 Å². The number of carbonyl (C=O) groups excluding carboxylic acids is 2. The number of aryl methyl sites for hydroxylation is 2. The standard InChI is InChI=1S/C24H26N2O5/c1-16-7-8-19(13-17(16)2)29-15-23(28)30-14-22(27)26-11-9-18(10-12-26)24-25-20-5-3-4-6-21(20)31-24/h3-8,13,18H,9-12,14-15H2,1-2H3. The molecule has 2 heterocycles. The summed E-state index contributed by atoms with van der Waals surface area (Å²) >= 11 is 0. The zero-order chi connectivity index (χ0) is 21.8. The first kappa shape index (κ1) is 20.9. The van der Waals surface area contributed by atoms with Crippen LogP contribution in [0.15, 0.2) is 46.9 Å². The van der Waals surface area contributed by atoms with E-state index in [1.165, 1.54) is 0 Å². The number of oxazole rings is 1. The summed E-state index contributed by atoms with van der Waals surface area (Å²) < 4.78 is 16.4. The number of likely N-dealkylation sites (tertiary alicyclic amines) is 1. The van der Waals surface area contributed by atoms with Crippen LogP contribution in [0.25, 0.3) is 11.1 Å². The maximum absolute atomic E-state index is 12.4. The summed E-state index contributed by atoms with van der Waals surface area (Å²) in [5.41, 5.74) is 3.87. The first-order valence-electron chi connectivity index (χ1n) is 10.5. The molecule has 1 aliphatic rings. The normalized spacial score (nSPS) is 14.6. The Labute approximate surface area is 181 Å². The van der Waals surface area contributed by atoms with Crippen LogP contribution in [0.2, 0.25) is 0 Å². The number of carbonyl (C=O) groups is 2. The Morgan fingerprint density at radius 2 is 1.84 bits per heavy atom. The highest BCUT2D eigenvalue weighted by Gasteiger charge is 2.27. The van der Waals surface area contributed by atoms with Crippen molar-refractivity contribution in [1.29, 1.82) is 0 Å². The number of ether oxygens (including phenoxy) is 2. The molecule has 0 spiro atoms. The Morgan fingerprint density at radius 1 is 1.06 bits per heavy atom. The lowest BCUT2D eigenvalue weighted by atomic mass is 9.97. The molecule has 7 nitrogen and oxygen atoms in total. The number of esters is 1. The minimum absolute atomic E-state index is 0.186. The molecule has 0 aliphatic carbocycles. The molecule has 1 amide bonds. The summed E-state index contributed by atoms with van der Waals surface area (Å²) in [7, 11) is 0. The van der Waals surface area contributed by atoms with Gasteiger partial charge < -0.3 is 18.8 Å². The molecule has 3 aromatic rings. The van der Waals surface area contributed by atoms with Crippen molar-refractivity contribution >= 4 is 23.0 Å². The SMILES string of the molecule is Cc1ccc(OCC(=O)OCC(=O)N2CCC(c3nc4ccccc4o3)CC2)cc1C. The zero-order valence-electron chi connectivity index (χ0n) is 17.8. The van der Waals surface area contributed by atoms with E-state index in [4.69, 9.17) is 13.9 Å². The van der Waals surface area contributed by atoms with E-state index < -0.39 is 5.97 Å². The Bertz CT molecular complexity index is 1050. The van der Waals surface area contributed by atoms with E-state index in [0.717, 1.165) is 41.0 Å². The number of amides is 1. The van der Waals surface area contributed by atoms with Gasteiger partial charge in [-0.2, -0.15) is 0 Å². The molecule has 31 heavy (non-hydrogen) atoms. The second-order valence-electron chi connectivity index (χ2n) is 7.87. The number of nitrogens with zero attached hydrogens (tertiary/aromatic N) is 2. The number of piperidine rings is 1.